The van der Waals surface area contributed by atoms with Crippen molar-refractivity contribution in [2.24, 2.45) is 5.73 Å². The van der Waals surface area contributed by atoms with E-state index in [0.717, 1.165) is 20.7 Å². The molecule has 2 rings (SSSR count). The van der Waals surface area contributed by atoms with Crippen LogP contribution < -0.4 is 5.73 Å². The summed E-state index contributed by atoms with van der Waals surface area (Å²) in [5.41, 5.74) is 6.75. The summed E-state index contributed by atoms with van der Waals surface area (Å²) in [5, 5.41) is 0. The third-order valence-electron chi connectivity index (χ3n) is 2.93. The molecule has 0 fully saturated rings. The lowest BCUT2D eigenvalue weighted by Crippen LogP contribution is -2.03. The third kappa shape index (κ3) is 4.57. The van der Waals surface area contributed by atoms with Crippen LogP contribution in [-0.2, 0) is 16.3 Å². The van der Waals surface area contributed by atoms with Crippen molar-refractivity contribution < 1.29 is 8.42 Å². The van der Waals surface area contributed by atoms with Crippen LogP contribution in [0.1, 0.15) is 5.56 Å². The molecule has 2 N–H and O–H groups in total. The van der Waals surface area contributed by atoms with Crippen LogP contribution in [0, 0.1) is 0 Å². The maximum Gasteiger partial charge on any atom is 0.175 e. The summed E-state index contributed by atoms with van der Waals surface area (Å²) >= 11 is 5.14. The van der Waals surface area contributed by atoms with E-state index in [-0.39, 0.29) is 0 Å². The van der Waals surface area contributed by atoms with E-state index in [2.05, 4.69) is 28.1 Å². The smallest absolute Gasteiger partial charge is 0.175 e. The first-order valence-corrected chi connectivity index (χ1v) is 9.87. The second kappa shape index (κ2) is 6.96. The molecule has 6 heteroatoms. The molecule has 0 atom stereocenters. The number of hydrogen-bond acceptors (Lipinski definition) is 4. The van der Waals surface area contributed by atoms with E-state index < -0.39 is 9.84 Å². The zero-order valence-corrected chi connectivity index (χ0v) is 14.8. The van der Waals surface area contributed by atoms with E-state index in [0.29, 0.717) is 11.4 Å². The predicted octanol–water partition coefficient (Wildman–Crippen LogP) is 3.51. The summed E-state index contributed by atoms with van der Waals surface area (Å²) in [4.78, 5) is 2.43. The Morgan fingerprint density at radius 3 is 2.24 bits per heavy atom. The van der Waals surface area contributed by atoms with Gasteiger partial charge >= 0.3 is 0 Å². The lowest BCUT2D eigenvalue weighted by molar-refractivity contribution is 0.602. The summed E-state index contributed by atoms with van der Waals surface area (Å²) in [5.74, 6) is 0. The molecule has 0 amide bonds. The normalized spacial score (nSPS) is 11.6. The molecule has 0 bridgehead atoms. The molecule has 0 saturated carbocycles. The van der Waals surface area contributed by atoms with Crippen molar-refractivity contribution in [1.29, 1.82) is 0 Å². The monoisotopic (exact) mass is 385 g/mol. The Bertz CT molecular complexity index is 728. The first-order valence-electron chi connectivity index (χ1n) is 6.36. The van der Waals surface area contributed by atoms with Gasteiger partial charge in [0.25, 0.3) is 0 Å². The van der Waals surface area contributed by atoms with E-state index in [1.54, 1.807) is 23.9 Å². The van der Waals surface area contributed by atoms with Crippen LogP contribution in [0.25, 0.3) is 0 Å². The van der Waals surface area contributed by atoms with Crippen molar-refractivity contribution in [2.45, 2.75) is 21.1 Å². The summed E-state index contributed by atoms with van der Waals surface area (Å²) < 4.78 is 23.9. The SMILES string of the molecule is CS(=O)(=O)c1ccc(Sc2ccc(CCN)c(Br)c2)cc1. The molecule has 0 aliphatic heterocycles. The molecule has 112 valence electrons. The number of hydrogen-bond donors (Lipinski definition) is 1. The van der Waals surface area contributed by atoms with E-state index in [1.807, 2.05) is 18.2 Å². The standard InChI is InChI=1S/C15H16BrNO2S2/c1-21(18,19)14-6-4-12(5-7-14)20-13-3-2-11(8-9-17)15(16)10-13/h2-7,10H,8-9,17H2,1H3. The van der Waals surface area contributed by atoms with E-state index in [1.165, 1.54) is 11.8 Å². The second-order valence-corrected chi connectivity index (χ2v) is 8.65. The lowest BCUT2D eigenvalue weighted by atomic mass is 10.1. The van der Waals surface area contributed by atoms with Crippen molar-refractivity contribution >= 4 is 37.5 Å². The molecule has 3 nitrogen and oxygen atoms in total. The van der Waals surface area contributed by atoms with Crippen LogP contribution in [0.5, 0.6) is 0 Å². The Balaban J connectivity index is 2.17. The first kappa shape index (κ1) is 16.5. The van der Waals surface area contributed by atoms with Crippen LogP contribution in [-0.4, -0.2) is 21.2 Å². The Labute approximate surface area is 138 Å². The highest BCUT2D eigenvalue weighted by Gasteiger charge is 2.07. The minimum absolute atomic E-state index is 0.339. The van der Waals surface area contributed by atoms with Crippen molar-refractivity contribution in [3.63, 3.8) is 0 Å². The van der Waals surface area contributed by atoms with Crippen molar-refractivity contribution in [2.75, 3.05) is 12.8 Å². The van der Waals surface area contributed by atoms with Gasteiger partial charge in [0.15, 0.2) is 9.84 Å². The van der Waals surface area contributed by atoms with Crippen molar-refractivity contribution in [3.8, 4) is 0 Å². The highest BCUT2D eigenvalue weighted by atomic mass is 79.9. The Morgan fingerprint density at radius 1 is 1.10 bits per heavy atom. The van der Waals surface area contributed by atoms with Crippen molar-refractivity contribution in [1.82, 2.24) is 0 Å². The van der Waals surface area contributed by atoms with Crippen LogP contribution >= 0.6 is 27.7 Å². The Morgan fingerprint density at radius 2 is 1.71 bits per heavy atom. The van der Waals surface area contributed by atoms with Crippen LogP contribution in [0.3, 0.4) is 0 Å². The number of nitrogens with two attached hydrogens (primary N) is 1. The van der Waals surface area contributed by atoms with E-state index >= 15 is 0 Å². The third-order valence-corrected chi connectivity index (χ3v) is 5.79. The molecule has 0 radical (unpaired) electrons. The van der Waals surface area contributed by atoms with Crippen molar-refractivity contribution in [3.05, 3.63) is 52.5 Å². The van der Waals surface area contributed by atoms with Gasteiger partial charge in [-0.1, -0.05) is 33.8 Å². The largest absolute Gasteiger partial charge is 0.330 e. The molecular formula is C15H16BrNO2S2. The van der Waals surface area contributed by atoms with Gasteiger partial charge in [0.05, 0.1) is 4.90 Å². The van der Waals surface area contributed by atoms with Crippen LogP contribution in [0.15, 0.2) is 61.6 Å². The predicted molar refractivity (Wildman–Crippen MR) is 90.6 cm³/mol. The quantitative estimate of drug-likeness (QED) is 0.855. The maximum atomic E-state index is 11.4. The van der Waals surface area contributed by atoms with Gasteiger partial charge in [-0.05, 0) is 54.9 Å². The fourth-order valence-electron chi connectivity index (χ4n) is 1.84. The minimum atomic E-state index is -3.14. The fraction of sp³-hybridized carbons (Fsp3) is 0.200. The highest BCUT2D eigenvalue weighted by molar-refractivity contribution is 9.10. The number of benzene rings is 2. The van der Waals surface area contributed by atoms with Gasteiger partial charge in [-0.2, -0.15) is 0 Å². The van der Waals surface area contributed by atoms with Gasteiger partial charge in [0.2, 0.25) is 0 Å². The first-order chi connectivity index (χ1) is 9.90. The van der Waals surface area contributed by atoms with Gasteiger partial charge in [0, 0.05) is 20.5 Å². The van der Waals surface area contributed by atoms with Crippen LogP contribution in [0.2, 0.25) is 0 Å². The second-order valence-electron chi connectivity index (χ2n) is 4.64. The molecule has 21 heavy (non-hydrogen) atoms. The summed E-state index contributed by atoms with van der Waals surface area (Å²) in [7, 11) is -3.14. The molecule has 0 aliphatic rings. The van der Waals surface area contributed by atoms with E-state index in [4.69, 9.17) is 5.73 Å². The summed E-state index contributed by atoms with van der Waals surface area (Å²) in [6, 6.07) is 13.1. The zero-order valence-electron chi connectivity index (χ0n) is 11.5. The topological polar surface area (TPSA) is 60.2 Å². The molecule has 0 saturated heterocycles. The molecular weight excluding hydrogens is 370 g/mol. The average molecular weight is 386 g/mol. The molecule has 0 aliphatic carbocycles. The summed E-state index contributed by atoms with van der Waals surface area (Å²) in [6.45, 7) is 0.623. The molecule has 2 aromatic rings. The van der Waals surface area contributed by atoms with Crippen LogP contribution in [0.4, 0.5) is 0 Å². The molecule has 0 unspecified atom stereocenters. The zero-order chi connectivity index (χ0) is 15.5. The van der Waals surface area contributed by atoms with E-state index in [9.17, 15) is 8.42 Å². The molecule has 0 spiro atoms. The highest BCUT2D eigenvalue weighted by Crippen LogP contribution is 2.31. The molecule has 0 heterocycles. The van der Waals surface area contributed by atoms with Gasteiger partial charge in [0.1, 0.15) is 0 Å². The lowest BCUT2D eigenvalue weighted by Gasteiger charge is -2.07. The number of sulfone groups is 1. The van der Waals surface area contributed by atoms with Gasteiger partial charge in [-0.3, -0.25) is 0 Å². The summed E-state index contributed by atoms with van der Waals surface area (Å²) in [6.07, 6.45) is 2.05. The Kier molecular flexibility index (Phi) is 5.48. The number of halogens is 1. The molecule has 0 aromatic heterocycles. The minimum Gasteiger partial charge on any atom is -0.330 e. The van der Waals surface area contributed by atoms with Gasteiger partial charge < -0.3 is 5.73 Å². The fourth-order valence-corrected chi connectivity index (χ4v) is 4.06. The Hall–Kier alpha value is -0.820. The maximum absolute atomic E-state index is 11.4. The average Bonchev–Trinajstić information content (AvgIpc) is 2.42. The van der Waals surface area contributed by atoms with Gasteiger partial charge in [-0.25, -0.2) is 8.42 Å². The molecule has 2 aromatic carbocycles. The van der Waals surface area contributed by atoms with Gasteiger partial charge in [-0.15, -0.1) is 0 Å². The number of rotatable bonds is 5.